The lowest BCUT2D eigenvalue weighted by molar-refractivity contribution is 0.0537. The first-order valence-corrected chi connectivity index (χ1v) is 10.4. The lowest BCUT2D eigenvalue weighted by Gasteiger charge is -2.20. The molecule has 0 unspecified atom stereocenters. The number of nitrogens with zero attached hydrogens (tertiary/aromatic N) is 5. The van der Waals surface area contributed by atoms with Gasteiger partial charge < -0.3 is 14.6 Å². The smallest absolute Gasteiger partial charge is 0.421 e. The molecule has 0 spiro atoms. The van der Waals surface area contributed by atoms with Gasteiger partial charge in [0.1, 0.15) is 28.5 Å². The van der Waals surface area contributed by atoms with Crippen molar-refractivity contribution in [1.29, 1.82) is 0 Å². The minimum Gasteiger partial charge on any atom is -0.443 e. The lowest BCUT2D eigenvalue weighted by Crippen LogP contribution is -2.30. The van der Waals surface area contributed by atoms with Gasteiger partial charge in [0.05, 0.1) is 12.2 Å². The molecule has 0 saturated heterocycles. The Morgan fingerprint density at radius 1 is 1.23 bits per heavy atom. The van der Waals surface area contributed by atoms with Crippen LogP contribution < -0.4 is 10.9 Å². The number of carbonyl (C=O) groups excluding carboxylic acids is 1. The monoisotopic (exact) mass is 426 g/mol. The Morgan fingerprint density at radius 3 is 2.55 bits per heavy atom. The maximum Gasteiger partial charge on any atom is 0.421 e. The van der Waals surface area contributed by atoms with Gasteiger partial charge in [0.15, 0.2) is 5.65 Å². The SMILES string of the molecule is CNc1cccn(Cc2nc3c(CC(C)C)nc(C)nc3n2C(=O)OC(C)(C)C)c1=O. The van der Waals surface area contributed by atoms with Gasteiger partial charge in [-0.15, -0.1) is 0 Å². The summed E-state index contributed by atoms with van der Waals surface area (Å²) in [6.07, 6.45) is 1.77. The van der Waals surface area contributed by atoms with Crippen molar-refractivity contribution in [1.82, 2.24) is 24.1 Å². The number of ether oxygens (including phenoxy) is 1. The number of carbonyl (C=O) groups is 1. The summed E-state index contributed by atoms with van der Waals surface area (Å²) < 4.78 is 8.48. The standard InChI is InChI=1S/C22H30N6O3/c1-13(2)11-16-18-19(25-14(3)24-16)28(21(30)31-22(4,5)6)17(26-18)12-27-10-8-9-15(23-7)20(27)29/h8-10,13,23H,11-12H2,1-7H3. The molecule has 0 saturated carbocycles. The second-order valence-electron chi connectivity index (χ2n) is 8.94. The molecule has 0 aliphatic heterocycles. The van der Waals surface area contributed by atoms with Gasteiger partial charge in [-0.2, -0.15) is 0 Å². The third-order valence-corrected chi connectivity index (χ3v) is 4.54. The Kier molecular flexibility index (Phi) is 6.15. The number of aryl methyl sites for hydroxylation is 1. The maximum atomic E-state index is 13.1. The Morgan fingerprint density at radius 2 is 1.94 bits per heavy atom. The number of rotatable bonds is 5. The van der Waals surface area contributed by atoms with E-state index in [2.05, 4.69) is 29.1 Å². The van der Waals surface area contributed by atoms with Crippen LogP contribution in [0.4, 0.5) is 10.5 Å². The summed E-state index contributed by atoms with van der Waals surface area (Å²) in [7, 11) is 1.69. The molecular weight excluding hydrogens is 396 g/mol. The predicted octanol–water partition coefficient (Wildman–Crippen LogP) is 3.37. The highest BCUT2D eigenvalue weighted by molar-refractivity contribution is 5.86. The van der Waals surface area contributed by atoms with Crippen LogP contribution in [0.3, 0.4) is 0 Å². The molecule has 0 fully saturated rings. The molecule has 3 rings (SSSR count). The molecule has 31 heavy (non-hydrogen) atoms. The molecule has 0 amide bonds. The number of aromatic nitrogens is 5. The van der Waals surface area contributed by atoms with E-state index in [-0.39, 0.29) is 12.1 Å². The molecule has 3 aromatic rings. The zero-order chi connectivity index (χ0) is 22.9. The third kappa shape index (κ3) is 4.92. The Bertz CT molecular complexity index is 1170. The Labute approximate surface area is 181 Å². The first kappa shape index (κ1) is 22.5. The van der Waals surface area contributed by atoms with Crippen molar-refractivity contribution in [3.63, 3.8) is 0 Å². The van der Waals surface area contributed by atoms with Crippen LogP contribution in [-0.4, -0.2) is 42.8 Å². The molecule has 0 radical (unpaired) electrons. The first-order valence-electron chi connectivity index (χ1n) is 10.4. The zero-order valence-electron chi connectivity index (χ0n) is 19.2. The summed E-state index contributed by atoms with van der Waals surface area (Å²) >= 11 is 0. The van der Waals surface area contributed by atoms with Crippen LogP contribution in [0, 0.1) is 12.8 Å². The van der Waals surface area contributed by atoms with E-state index in [1.165, 1.54) is 9.13 Å². The quantitative estimate of drug-likeness (QED) is 0.667. The molecular formula is C22H30N6O3. The van der Waals surface area contributed by atoms with Crippen molar-refractivity contribution in [3.8, 4) is 0 Å². The van der Waals surface area contributed by atoms with Gasteiger partial charge in [-0.25, -0.2) is 24.3 Å². The number of hydrogen-bond acceptors (Lipinski definition) is 7. The highest BCUT2D eigenvalue weighted by Crippen LogP contribution is 2.22. The summed E-state index contributed by atoms with van der Waals surface area (Å²) in [6.45, 7) is 11.5. The van der Waals surface area contributed by atoms with Gasteiger partial charge in [-0.3, -0.25) is 4.79 Å². The molecule has 3 aromatic heterocycles. The molecule has 9 nitrogen and oxygen atoms in total. The molecule has 0 bridgehead atoms. The summed E-state index contributed by atoms with van der Waals surface area (Å²) in [6, 6.07) is 3.47. The molecule has 1 N–H and O–H groups in total. The summed E-state index contributed by atoms with van der Waals surface area (Å²) in [5, 5.41) is 2.88. The van der Waals surface area contributed by atoms with E-state index in [0.29, 0.717) is 40.8 Å². The molecule has 166 valence electrons. The highest BCUT2D eigenvalue weighted by Gasteiger charge is 2.26. The maximum absolute atomic E-state index is 13.1. The van der Waals surface area contributed by atoms with Crippen LogP contribution in [0.1, 0.15) is 52.0 Å². The van der Waals surface area contributed by atoms with Crippen LogP contribution in [0.2, 0.25) is 0 Å². The van der Waals surface area contributed by atoms with Crippen LogP contribution in [-0.2, 0) is 17.7 Å². The predicted molar refractivity (Wildman–Crippen MR) is 120 cm³/mol. The summed E-state index contributed by atoms with van der Waals surface area (Å²) in [5.41, 5.74) is 1.27. The largest absolute Gasteiger partial charge is 0.443 e. The first-order chi connectivity index (χ1) is 14.5. The van der Waals surface area contributed by atoms with E-state index in [1.807, 2.05) is 0 Å². The third-order valence-electron chi connectivity index (χ3n) is 4.54. The van der Waals surface area contributed by atoms with E-state index in [1.54, 1.807) is 53.1 Å². The Hall–Kier alpha value is -3.23. The van der Waals surface area contributed by atoms with E-state index in [9.17, 15) is 9.59 Å². The highest BCUT2D eigenvalue weighted by atomic mass is 16.6. The van der Waals surface area contributed by atoms with Gasteiger partial charge in [0.2, 0.25) is 0 Å². The topological polar surface area (TPSA) is 104 Å². The second kappa shape index (κ2) is 8.49. The number of nitrogens with one attached hydrogen (secondary N) is 1. The summed E-state index contributed by atoms with van der Waals surface area (Å²) in [5.74, 6) is 1.26. The summed E-state index contributed by atoms with van der Waals surface area (Å²) in [4.78, 5) is 39.6. The van der Waals surface area contributed by atoms with Crippen molar-refractivity contribution in [2.45, 2.75) is 60.1 Å². The van der Waals surface area contributed by atoms with Crippen LogP contribution in [0.5, 0.6) is 0 Å². The number of imidazole rings is 1. The fraction of sp³-hybridized carbons (Fsp3) is 0.500. The number of pyridine rings is 1. The van der Waals surface area contributed by atoms with Crippen molar-refractivity contribution in [2.75, 3.05) is 12.4 Å². The zero-order valence-corrected chi connectivity index (χ0v) is 19.2. The van der Waals surface area contributed by atoms with Gasteiger partial charge in [0, 0.05) is 13.2 Å². The van der Waals surface area contributed by atoms with Gasteiger partial charge in [0.25, 0.3) is 5.56 Å². The van der Waals surface area contributed by atoms with Crippen molar-refractivity contribution in [2.24, 2.45) is 5.92 Å². The van der Waals surface area contributed by atoms with E-state index < -0.39 is 11.7 Å². The molecule has 9 heteroatoms. The fourth-order valence-electron chi connectivity index (χ4n) is 3.32. The average molecular weight is 427 g/mol. The van der Waals surface area contributed by atoms with Crippen molar-refractivity contribution in [3.05, 3.63) is 46.0 Å². The van der Waals surface area contributed by atoms with Crippen LogP contribution >= 0.6 is 0 Å². The van der Waals surface area contributed by atoms with E-state index >= 15 is 0 Å². The van der Waals surface area contributed by atoms with Crippen LogP contribution in [0.25, 0.3) is 11.2 Å². The normalized spacial score (nSPS) is 11.9. The molecule has 0 aliphatic carbocycles. The number of anilines is 1. The fourth-order valence-corrected chi connectivity index (χ4v) is 3.32. The minimum absolute atomic E-state index is 0.0874. The van der Waals surface area contributed by atoms with Gasteiger partial charge >= 0.3 is 6.09 Å². The van der Waals surface area contributed by atoms with Crippen molar-refractivity contribution < 1.29 is 9.53 Å². The van der Waals surface area contributed by atoms with Gasteiger partial charge in [-0.05, 0) is 52.2 Å². The molecule has 0 aromatic carbocycles. The van der Waals surface area contributed by atoms with Crippen molar-refractivity contribution >= 4 is 22.9 Å². The van der Waals surface area contributed by atoms with Crippen LogP contribution in [0.15, 0.2) is 23.1 Å². The second-order valence-corrected chi connectivity index (χ2v) is 8.94. The van der Waals surface area contributed by atoms with Gasteiger partial charge in [-0.1, -0.05) is 13.8 Å². The van der Waals surface area contributed by atoms with E-state index in [4.69, 9.17) is 9.72 Å². The van der Waals surface area contributed by atoms with E-state index in [0.717, 1.165) is 5.69 Å². The Balaban J connectivity index is 2.22. The number of hydrogen-bond donors (Lipinski definition) is 1. The molecule has 0 atom stereocenters. The number of fused-ring (bicyclic) bond motifs is 1. The molecule has 0 aliphatic rings. The minimum atomic E-state index is -0.698. The lowest BCUT2D eigenvalue weighted by atomic mass is 10.1. The molecule has 3 heterocycles. The average Bonchev–Trinajstić information content (AvgIpc) is 2.99.